The van der Waals surface area contributed by atoms with Gasteiger partial charge in [-0.1, -0.05) is 0 Å². The zero-order chi connectivity index (χ0) is 14.3. The predicted octanol–water partition coefficient (Wildman–Crippen LogP) is 1.40. The number of nitrogens with zero attached hydrogens (tertiary/aromatic N) is 5. The molecule has 0 bridgehead atoms. The second-order valence-electron chi connectivity index (χ2n) is 3.49. The van der Waals surface area contributed by atoms with Gasteiger partial charge in [-0.15, -0.1) is 0 Å². The van der Waals surface area contributed by atoms with Crippen LogP contribution in [0.4, 0.5) is 11.5 Å². The summed E-state index contributed by atoms with van der Waals surface area (Å²) in [6, 6.07) is 1.98. The van der Waals surface area contributed by atoms with Gasteiger partial charge in [0, 0.05) is 20.2 Å². The molecule has 0 amide bonds. The minimum Gasteiger partial charge on any atom is -0.383 e. The Morgan fingerprint density at radius 3 is 2.95 bits per heavy atom. The quantitative estimate of drug-likeness (QED) is 0.423. The molecule has 0 spiro atoms. The van der Waals surface area contributed by atoms with E-state index in [1.54, 1.807) is 4.90 Å². The van der Waals surface area contributed by atoms with Gasteiger partial charge >= 0.3 is 5.69 Å². The molecule has 1 aromatic rings. The summed E-state index contributed by atoms with van der Waals surface area (Å²) < 4.78 is 4.93. The molecule has 0 aromatic carbocycles. The van der Waals surface area contributed by atoms with Crippen LogP contribution in [0.2, 0.25) is 5.28 Å². The molecule has 9 heteroatoms. The van der Waals surface area contributed by atoms with E-state index in [0.29, 0.717) is 19.7 Å². The van der Waals surface area contributed by atoms with E-state index in [0.717, 1.165) is 6.20 Å². The highest BCUT2D eigenvalue weighted by molar-refractivity contribution is 6.28. The lowest BCUT2D eigenvalue weighted by Crippen LogP contribution is -2.29. The molecule has 0 saturated carbocycles. The lowest BCUT2D eigenvalue weighted by atomic mass is 10.3. The van der Waals surface area contributed by atoms with Gasteiger partial charge in [0.1, 0.15) is 6.20 Å². The molecule has 0 aliphatic heterocycles. The summed E-state index contributed by atoms with van der Waals surface area (Å²) in [7, 11) is 1.52. The maximum Gasteiger partial charge on any atom is 0.329 e. The number of aromatic nitrogens is 2. The third-order valence-electron chi connectivity index (χ3n) is 2.28. The molecule has 0 saturated heterocycles. The number of ether oxygens (including phenoxy) is 1. The maximum absolute atomic E-state index is 10.9. The van der Waals surface area contributed by atoms with Crippen molar-refractivity contribution in [1.82, 2.24) is 9.97 Å². The highest BCUT2D eigenvalue weighted by Gasteiger charge is 2.22. The Morgan fingerprint density at radius 1 is 1.63 bits per heavy atom. The Balaban J connectivity index is 3.08. The zero-order valence-corrected chi connectivity index (χ0v) is 11.0. The van der Waals surface area contributed by atoms with Gasteiger partial charge in [0.15, 0.2) is 0 Å². The van der Waals surface area contributed by atoms with Crippen molar-refractivity contribution in [3.05, 3.63) is 21.6 Å². The van der Waals surface area contributed by atoms with E-state index in [1.165, 1.54) is 7.11 Å². The van der Waals surface area contributed by atoms with Gasteiger partial charge in [0.05, 0.1) is 24.0 Å². The molecule has 0 atom stereocenters. The van der Waals surface area contributed by atoms with Crippen molar-refractivity contribution in [3.8, 4) is 6.07 Å². The first-order valence-corrected chi connectivity index (χ1v) is 5.75. The van der Waals surface area contributed by atoms with E-state index >= 15 is 0 Å². The summed E-state index contributed by atoms with van der Waals surface area (Å²) in [6.45, 7) is 1.02. The van der Waals surface area contributed by atoms with Gasteiger partial charge in [0.2, 0.25) is 11.1 Å². The number of hydrogen-bond donors (Lipinski definition) is 0. The van der Waals surface area contributed by atoms with Crippen LogP contribution in [0.3, 0.4) is 0 Å². The van der Waals surface area contributed by atoms with Crippen LogP contribution >= 0.6 is 11.6 Å². The number of nitro groups is 1. The van der Waals surface area contributed by atoms with Gasteiger partial charge in [-0.3, -0.25) is 10.1 Å². The normalized spacial score (nSPS) is 9.95. The SMILES string of the molecule is COCCN(CCC#N)c1nc(Cl)ncc1[N+](=O)[O-]. The molecule has 0 aliphatic carbocycles. The smallest absolute Gasteiger partial charge is 0.329 e. The van der Waals surface area contributed by atoms with E-state index in [4.69, 9.17) is 21.6 Å². The molecule has 0 aliphatic rings. The van der Waals surface area contributed by atoms with Crippen LogP contribution < -0.4 is 4.90 Å². The van der Waals surface area contributed by atoms with E-state index < -0.39 is 4.92 Å². The van der Waals surface area contributed by atoms with Crippen LogP contribution in [0, 0.1) is 21.4 Å². The van der Waals surface area contributed by atoms with Gasteiger partial charge < -0.3 is 9.64 Å². The first-order chi connectivity index (χ1) is 9.10. The summed E-state index contributed by atoms with van der Waals surface area (Å²) in [5, 5.41) is 19.5. The average Bonchev–Trinajstić information content (AvgIpc) is 2.38. The molecule has 0 N–H and O–H groups in total. The van der Waals surface area contributed by atoms with Gasteiger partial charge in [-0.2, -0.15) is 10.2 Å². The molecule has 8 nitrogen and oxygen atoms in total. The molecular weight excluding hydrogens is 274 g/mol. The van der Waals surface area contributed by atoms with Crippen molar-refractivity contribution in [3.63, 3.8) is 0 Å². The van der Waals surface area contributed by atoms with E-state index in [1.807, 2.05) is 6.07 Å². The number of hydrogen-bond acceptors (Lipinski definition) is 7. The Labute approximate surface area is 114 Å². The van der Waals surface area contributed by atoms with Crippen molar-refractivity contribution in [1.29, 1.82) is 5.26 Å². The lowest BCUT2D eigenvalue weighted by Gasteiger charge is -2.21. The van der Waals surface area contributed by atoms with Crippen LogP contribution in [0.15, 0.2) is 6.20 Å². The number of rotatable bonds is 7. The van der Waals surface area contributed by atoms with Crippen LogP contribution in [0.25, 0.3) is 0 Å². The van der Waals surface area contributed by atoms with E-state index in [9.17, 15) is 10.1 Å². The highest BCUT2D eigenvalue weighted by Crippen LogP contribution is 2.26. The molecule has 1 aromatic heterocycles. The fraction of sp³-hybridized carbons (Fsp3) is 0.500. The minimum atomic E-state index is -0.585. The number of nitriles is 1. The second kappa shape index (κ2) is 7.45. The topological polar surface area (TPSA) is 105 Å². The summed E-state index contributed by atoms with van der Waals surface area (Å²) >= 11 is 5.67. The van der Waals surface area contributed by atoms with Crippen LogP contribution in [0.1, 0.15) is 6.42 Å². The van der Waals surface area contributed by atoms with Crippen molar-refractivity contribution in [2.45, 2.75) is 6.42 Å². The Bertz CT molecular complexity index is 491. The zero-order valence-electron chi connectivity index (χ0n) is 10.2. The van der Waals surface area contributed by atoms with Crippen LogP contribution in [-0.4, -0.2) is 41.7 Å². The summed E-state index contributed by atoms with van der Waals surface area (Å²) in [5.74, 6) is 0.0947. The van der Waals surface area contributed by atoms with Crippen LogP contribution in [-0.2, 0) is 4.74 Å². The van der Waals surface area contributed by atoms with Gasteiger partial charge in [-0.05, 0) is 11.6 Å². The molecule has 0 fully saturated rings. The van der Waals surface area contributed by atoms with Gasteiger partial charge in [0.25, 0.3) is 0 Å². The Morgan fingerprint density at radius 2 is 2.37 bits per heavy atom. The molecular formula is C10H12ClN5O3. The van der Waals surface area contributed by atoms with Crippen molar-refractivity contribution < 1.29 is 9.66 Å². The van der Waals surface area contributed by atoms with E-state index in [2.05, 4.69) is 9.97 Å². The fourth-order valence-electron chi connectivity index (χ4n) is 1.42. The standard InChI is InChI=1S/C10H12ClN5O3/c1-19-6-5-15(4-2-3-12)9-8(16(17)18)7-13-10(11)14-9/h7H,2,4-6H2,1H3. The fourth-order valence-corrected chi connectivity index (χ4v) is 1.55. The molecule has 19 heavy (non-hydrogen) atoms. The monoisotopic (exact) mass is 285 g/mol. The Hall–Kier alpha value is -1.98. The first kappa shape index (κ1) is 15.1. The highest BCUT2D eigenvalue weighted by atomic mass is 35.5. The predicted molar refractivity (Wildman–Crippen MR) is 68.0 cm³/mol. The number of halogens is 1. The van der Waals surface area contributed by atoms with Crippen molar-refractivity contribution >= 4 is 23.1 Å². The third-order valence-corrected chi connectivity index (χ3v) is 2.46. The van der Waals surface area contributed by atoms with Crippen molar-refractivity contribution in [2.75, 3.05) is 31.7 Å². The van der Waals surface area contributed by atoms with Gasteiger partial charge in [-0.25, -0.2) is 4.98 Å². The lowest BCUT2D eigenvalue weighted by molar-refractivity contribution is -0.384. The summed E-state index contributed by atoms with van der Waals surface area (Å²) in [4.78, 5) is 19.4. The number of methoxy groups -OCH3 is 1. The molecule has 1 heterocycles. The first-order valence-electron chi connectivity index (χ1n) is 5.38. The third kappa shape index (κ3) is 4.31. The largest absolute Gasteiger partial charge is 0.383 e. The maximum atomic E-state index is 10.9. The molecule has 1 rings (SSSR count). The second-order valence-corrected chi connectivity index (χ2v) is 3.83. The molecule has 102 valence electrons. The number of anilines is 1. The van der Waals surface area contributed by atoms with Crippen molar-refractivity contribution in [2.24, 2.45) is 0 Å². The molecule has 0 unspecified atom stereocenters. The van der Waals surface area contributed by atoms with E-state index in [-0.39, 0.29) is 23.2 Å². The summed E-state index contributed by atoms with van der Waals surface area (Å²) in [5.41, 5.74) is -0.251. The summed E-state index contributed by atoms with van der Waals surface area (Å²) in [6.07, 6.45) is 1.26. The van der Waals surface area contributed by atoms with Crippen LogP contribution in [0.5, 0.6) is 0 Å². The molecule has 0 radical (unpaired) electrons. The average molecular weight is 286 g/mol. The Kier molecular flexibility index (Phi) is 5.92. The minimum absolute atomic E-state index is 0.0834.